The molecule has 1 saturated heterocycles. The molecule has 4 heterocycles. The van der Waals surface area contributed by atoms with Gasteiger partial charge in [0.1, 0.15) is 18.2 Å². The molecule has 14 heteroatoms. The molecular weight excluding hydrogens is 441 g/mol. The Labute approximate surface area is 185 Å². The van der Waals surface area contributed by atoms with Gasteiger partial charge in [0, 0.05) is 27.1 Å². The third-order valence-electron chi connectivity index (χ3n) is 5.09. The van der Waals surface area contributed by atoms with Crippen LogP contribution in [-0.2, 0) is 37.4 Å². The van der Waals surface area contributed by atoms with Crippen LogP contribution in [0, 0.1) is 0 Å². The molecule has 3 aromatic rings. The number of carbonyl (C=O) groups excluding carboxylic acids is 2. The fourth-order valence-electron chi connectivity index (χ4n) is 3.72. The Balaban J connectivity index is 1.81. The van der Waals surface area contributed by atoms with E-state index in [1.165, 1.54) is 17.7 Å². The number of ether oxygens (including phenoxy) is 3. The highest BCUT2D eigenvalue weighted by molar-refractivity contribution is 5.72. The maximum absolute atomic E-state index is 15.2. The number of esters is 2. The van der Waals surface area contributed by atoms with Crippen molar-refractivity contribution in [3.63, 3.8) is 0 Å². The van der Waals surface area contributed by atoms with Crippen LogP contribution >= 0.6 is 0 Å². The second-order valence-electron chi connectivity index (χ2n) is 7.54. The molecule has 2 N–H and O–H groups in total. The number of halogens is 1. The van der Waals surface area contributed by atoms with Crippen molar-refractivity contribution in [3.8, 4) is 0 Å². The quantitative estimate of drug-likeness (QED) is 0.481. The topological polar surface area (TPSA) is 158 Å². The van der Waals surface area contributed by atoms with E-state index in [2.05, 4.69) is 15.1 Å². The second-order valence-corrected chi connectivity index (χ2v) is 7.54. The summed E-state index contributed by atoms with van der Waals surface area (Å²) in [4.78, 5) is 44.4. The molecule has 33 heavy (non-hydrogen) atoms. The Morgan fingerprint density at radius 1 is 1.30 bits per heavy atom. The van der Waals surface area contributed by atoms with Crippen molar-refractivity contribution in [2.45, 2.75) is 45.0 Å². The maximum Gasteiger partial charge on any atom is 0.333 e. The van der Waals surface area contributed by atoms with Crippen molar-refractivity contribution < 1.29 is 28.2 Å². The fraction of sp³-hybridized carbons (Fsp3) is 0.474. The normalized spacial score (nSPS) is 22.5. The van der Waals surface area contributed by atoms with Crippen LogP contribution in [0.15, 0.2) is 23.3 Å². The van der Waals surface area contributed by atoms with Crippen LogP contribution in [0.1, 0.15) is 25.8 Å². The van der Waals surface area contributed by atoms with E-state index in [-0.39, 0.29) is 18.1 Å². The van der Waals surface area contributed by atoms with Gasteiger partial charge in [-0.1, -0.05) is 0 Å². The molecule has 0 saturated carbocycles. The van der Waals surface area contributed by atoms with Gasteiger partial charge in [0.2, 0.25) is 5.95 Å². The molecule has 1 aliphatic rings. The lowest BCUT2D eigenvalue weighted by molar-refractivity contribution is -0.154. The Kier molecular flexibility index (Phi) is 5.84. The van der Waals surface area contributed by atoms with Crippen LogP contribution in [0.5, 0.6) is 0 Å². The zero-order valence-corrected chi connectivity index (χ0v) is 18.0. The highest BCUT2D eigenvalue weighted by Gasteiger charge is 2.50. The number of nitrogens with two attached hydrogens (primary N) is 1. The number of anilines is 1. The number of fused-ring (bicyclic) bond motifs is 1. The third-order valence-corrected chi connectivity index (χ3v) is 5.09. The van der Waals surface area contributed by atoms with E-state index in [0.717, 1.165) is 11.5 Å². The van der Waals surface area contributed by atoms with Gasteiger partial charge in [-0.05, 0) is 6.07 Å². The van der Waals surface area contributed by atoms with Crippen molar-refractivity contribution in [1.82, 2.24) is 28.9 Å². The molecule has 0 aliphatic carbocycles. The van der Waals surface area contributed by atoms with E-state index in [1.807, 2.05) is 0 Å². The van der Waals surface area contributed by atoms with E-state index in [1.54, 1.807) is 24.0 Å². The summed E-state index contributed by atoms with van der Waals surface area (Å²) in [7, 11) is 1.74. The minimum atomic E-state index is -1.88. The summed E-state index contributed by atoms with van der Waals surface area (Å²) in [5.41, 5.74) is 6.05. The summed E-state index contributed by atoms with van der Waals surface area (Å²) < 4.78 is 34.9. The Morgan fingerprint density at radius 2 is 2.06 bits per heavy atom. The molecule has 176 valence electrons. The number of rotatable bonds is 6. The third kappa shape index (κ3) is 4.28. The first-order valence-electron chi connectivity index (χ1n) is 9.97. The van der Waals surface area contributed by atoms with Crippen molar-refractivity contribution in [2.24, 2.45) is 7.05 Å². The van der Waals surface area contributed by atoms with E-state index in [9.17, 15) is 14.4 Å². The maximum atomic E-state index is 15.2. The van der Waals surface area contributed by atoms with Gasteiger partial charge in [0.05, 0.1) is 18.4 Å². The van der Waals surface area contributed by atoms with Gasteiger partial charge in [-0.15, -0.1) is 0 Å². The van der Waals surface area contributed by atoms with Crippen molar-refractivity contribution in [2.75, 3.05) is 12.3 Å². The summed E-state index contributed by atoms with van der Waals surface area (Å²) in [6, 6.07) is 1.73. The summed E-state index contributed by atoms with van der Waals surface area (Å²) >= 11 is 0. The summed E-state index contributed by atoms with van der Waals surface area (Å²) in [5.74, 6) is -1.53. The molecule has 0 amide bonds. The Bertz CT molecular complexity index is 1270. The number of nitrogens with zero attached hydrogens (tertiary/aromatic N) is 6. The predicted octanol–water partition coefficient (Wildman–Crippen LogP) is -0.313. The van der Waals surface area contributed by atoms with Crippen LogP contribution in [0.4, 0.5) is 10.3 Å². The van der Waals surface area contributed by atoms with E-state index < -0.39 is 48.8 Å². The highest BCUT2D eigenvalue weighted by Crippen LogP contribution is 2.35. The number of aryl methyl sites for hydroxylation is 1. The monoisotopic (exact) mass is 463 g/mol. The van der Waals surface area contributed by atoms with Crippen molar-refractivity contribution in [1.29, 1.82) is 0 Å². The zero-order chi connectivity index (χ0) is 23.9. The van der Waals surface area contributed by atoms with Gasteiger partial charge < -0.3 is 19.9 Å². The minimum absolute atomic E-state index is 0.0610. The van der Waals surface area contributed by atoms with Gasteiger partial charge in [-0.25, -0.2) is 18.7 Å². The number of nitrogen functional groups attached to an aromatic ring is 1. The average Bonchev–Trinajstić information content (AvgIpc) is 3.36. The number of hydrogen-bond donors (Lipinski definition) is 1. The van der Waals surface area contributed by atoms with Gasteiger partial charge in [-0.3, -0.25) is 18.8 Å². The van der Waals surface area contributed by atoms with Crippen LogP contribution < -0.4 is 11.4 Å². The molecule has 0 radical (unpaired) electrons. The van der Waals surface area contributed by atoms with Gasteiger partial charge in [0.15, 0.2) is 24.2 Å². The number of carbonyl (C=O) groups is 2. The molecule has 3 aromatic heterocycles. The van der Waals surface area contributed by atoms with Crippen LogP contribution in [-0.4, -0.2) is 65.8 Å². The number of aromatic nitrogens is 6. The molecular formula is C19H22FN7O6. The van der Waals surface area contributed by atoms with E-state index in [0.29, 0.717) is 11.2 Å². The van der Waals surface area contributed by atoms with Crippen LogP contribution in [0.3, 0.4) is 0 Å². The first-order valence-corrected chi connectivity index (χ1v) is 9.97. The summed E-state index contributed by atoms with van der Waals surface area (Å²) in [6.45, 7) is 1.91. The first-order chi connectivity index (χ1) is 15.7. The largest absolute Gasteiger partial charge is 0.463 e. The van der Waals surface area contributed by atoms with Crippen molar-refractivity contribution >= 4 is 29.1 Å². The smallest absolute Gasteiger partial charge is 0.333 e. The van der Waals surface area contributed by atoms with Gasteiger partial charge in [-0.2, -0.15) is 10.1 Å². The number of hydrogen-bond acceptors (Lipinski definition) is 10. The predicted molar refractivity (Wildman–Crippen MR) is 110 cm³/mol. The zero-order valence-electron chi connectivity index (χ0n) is 18.0. The second kappa shape index (κ2) is 8.61. The van der Waals surface area contributed by atoms with Crippen LogP contribution in [0.2, 0.25) is 0 Å². The first kappa shape index (κ1) is 22.4. The molecule has 13 nitrogen and oxygen atoms in total. The lowest BCUT2D eigenvalue weighted by Gasteiger charge is -2.19. The Morgan fingerprint density at radius 3 is 2.70 bits per heavy atom. The molecule has 1 aliphatic heterocycles. The number of alkyl halides is 1. The Hall–Kier alpha value is -3.81. The summed E-state index contributed by atoms with van der Waals surface area (Å²) in [6.07, 6.45) is -2.96. The summed E-state index contributed by atoms with van der Waals surface area (Å²) in [5, 5.41) is 4.27. The fourth-order valence-corrected chi connectivity index (χ4v) is 3.72. The molecule has 0 aromatic carbocycles. The molecule has 4 atom stereocenters. The van der Waals surface area contributed by atoms with Gasteiger partial charge in [0.25, 0.3) is 0 Å². The van der Waals surface area contributed by atoms with Crippen molar-refractivity contribution in [3.05, 3.63) is 34.6 Å². The average molecular weight is 463 g/mol. The highest BCUT2D eigenvalue weighted by atomic mass is 19.1. The SMILES string of the molecule is CC(=O)OC[C@H]1O[C@@H](n2c(=O)n(Cc3ccn(C)n3)c3cnc(N)nc32)[C@H](OC(C)=O)[C@@H]1F. The van der Waals surface area contributed by atoms with E-state index in [4.69, 9.17) is 19.9 Å². The molecule has 0 spiro atoms. The molecule has 0 bridgehead atoms. The molecule has 4 rings (SSSR count). The lowest BCUT2D eigenvalue weighted by Crippen LogP contribution is -2.37. The lowest BCUT2D eigenvalue weighted by atomic mass is 10.1. The molecule has 1 fully saturated rings. The minimum Gasteiger partial charge on any atom is -0.463 e. The van der Waals surface area contributed by atoms with Crippen LogP contribution in [0.25, 0.3) is 11.2 Å². The van der Waals surface area contributed by atoms with Gasteiger partial charge >= 0.3 is 17.6 Å². The number of imidazole rings is 1. The molecule has 0 unspecified atom stereocenters. The van der Waals surface area contributed by atoms with E-state index >= 15 is 4.39 Å². The standard InChI is InChI=1S/C19H22FN7O6/c1-9(28)31-8-13-14(20)15(32-10(2)29)17(33-13)27-16-12(6-22-18(21)23-16)26(19(27)30)7-11-4-5-25(3)24-11/h4-6,13-15,17H,7-8H2,1-3H3,(H2,21,22,23)/t13-,14-,15-,17-/m1/s1.